The molecule has 2 aliphatic rings. The van der Waals surface area contributed by atoms with Crippen LogP contribution >= 0.6 is 0 Å². The molecule has 27 heavy (non-hydrogen) atoms. The minimum absolute atomic E-state index is 0.0604. The van der Waals surface area contributed by atoms with Crippen molar-refractivity contribution in [3.05, 3.63) is 35.9 Å². The van der Waals surface area contributed by atoms with Gasteiger partial charge in [-0.15, -0.1) is 0 Å². The molecule has 2 heterocycles. The fraction of sp³-hybridized carbons (Fsp3) is 0.619. The van der Waals surface area contributed by atoms with Crippen molar-refractivity contribution in [3.63, 3.8) is 0 Å². The second-order valence-corrected chi connectivity index (χ2v) is 7.64. The van der Waals surface area contributed by atoms with Gasteiger partial charge < -0.3 is 15.0 Å². The maximum Gasteiger partial charge on any atom is 0.234 e. The number of ether oxygens (including phenoxy) is 1. The first-order valence-electron chi connectivity index (χ1n) is 10.0. The molecule has 0 radical (unpaired) electrons. The summed E-state index contributed by atoms with van der Waals surface area (Å²) < 4.78 is 5.78. The van der Waals surface area contributed by atoms with Crippen molar-refractivity contribution in [1.29, 1.82) is 0 Å². The van der Waals surface area contributed by atoms with Gasteiger partial charge in [0.15, 0.2) is 0 Å². The number of amides is 2. The highest BCUT2D eigenvalue weighted by Gasteiger charge is 2.24. The van der Waals surface area contributed by atoms with Crippen LogP contribution in [0.5, 0.6) is 0 Å². The molecule has 0 saturated carbocycles. The van der Waals surface area contributed by atoms with Gasteiger partial charge in [-0.25, -0.2) is 0 Å². The summed E-state index contributed by atoms with van der Waals surface area (Å²) >= 11 is 0. The highest BCUT2D eigenvalue weighted by molar-refractivity contribution is 5.78. The van der Waals surface area contributed by atoms with Crippen LogP contribution in [0.15, 0.2) is 30.3 Å². The predicted octanol–water partition coefficient (Wildman–Crippen LogP) is 1.79. The van der Waals surface area contributed by atoms with Gasteiger partial charge in [0.2, 0.25) is 11.8 Å². The largest absolute Gasteiger partial charge is 0.377 e. The van der Waals surface area contributed by atoms with E-state index in [0.717, 1.165) is 58.5 Å². The number of nitrogens with zero attached hydrogens (tertiary/aromatic N) is 2. The number of carbonyl (C=O) groups excluding carboxylic acids is 2. The van der Waals surface area contributed by atoms with Crippen LogP contribution < -0.4 is 5.32 Å². The van der Waals surface area contributed by atoms with Gasteiger partial charge in [-0.05, 0) is 31.2 Å². The smallest absolute Gasteiger partial charge is 0.234 e. The number of rotatable bonds is 7. The molecule has 1 atom stereocenters. The molecule has 1 aromatic carbocycles. The van der Waals surface area contributed by atoms with Crippen molar-refractivity contribution >= 4 is 11.8 Å². The summed E-state index contributed by atoms with van der Waals surface area (Å²) in [5.74, 6) is 0.176. The summed E-state index contributed by atoms with van der Waals surface area (Å²) in [5, 5.41) is 3.16. The van der Waals surface area contributed by atoms with Gasteiger partial charge in [0.1, 0.15) is 0 Å². The highest BCUT2D eigenvalue weighted by atomic mass is 16.5. The number of benzene rings is 1. The van der Waals surface area contributed by atoms with Gasteiger partial charge in [0.05, 0.1) is 12.6 Å². The van der Waals surface area contributed by atoms with E-state index in [4.69, 9.17) is 4.74 Å². The number of nitrogens with one attached hydrogen (secondary N) is 1. The molecular weight excluding hydrogens is 342 g/mol. The molecule has 2 saturated heterocycles. The Morgan fingerprint density at radius 1 is 1.19 bits per heavy atom. The van der Waals surface area contributed by atoms with E-state index in [1.807, 2.05) is 23.1 Å². The minimum atomic E-state index is 0.0604. The van der Waals surface area contributed by atoms with Gasteiger partial charge in [0, 0.05) is 45.8 Å². The summed E-state index contributed by atoms with van der Waals surface area (Å²) in [6.07, 6.45) is 4.05. The highest BCUT2D eigenvalue weighted by Crippen LogP contribution is 2.15. The Hall–Kier alpha value is -1.92. The molecule has 2 fully saturated rings. The lowest BCUT2D eigenvalue weighted by molar-refractivity contribution is -0.130. The minimum Gasteiger partial charge on any atom is -0.377 e. The molecule has 1 aromatic rings. The van der Waals surface area contributed by atoms with Gasteiger partial charge in [-0.1, -0.05) is 30.3 Å². The molecule has 2 aliphatic heterocycles. The van der Waals surface area contributed by atoms with Crippen LogP contribution in [0.4, 0.5) is 0 Å². The van der Waals surface area contributed by atoms with Crippen molar-refractivity contribution in [1.82, 2.24) is 15.1 Å². The number of hydrogen-bond donors (Lipinski definition) is 1. The lowest BCUT2D eigenvalue weighted by Crippen LogP contribution is -2.48. The average Bonchev–Trinajstić information content (AvgIpc) is 3.16. The summed E-state index contributed by atoms with van der Waals surface area (Å²) in [6, 6.07) is 10.4. The van der Waals surface area contributed by atoms with E-state index in [0.29, 0.717) is 6.54 Å². The Bertz CT molecular complexity index is 608. The van der Waals surface area contributed by atoms with Crippen molar-refractivity contribution in [2.75, 3.05) is 32.8 Å². The predicted molar refractivity (Wildman–Crippen MR) is 104 cm³/mol. The molecule has 0 spiro atoms. The lowest BCUT2D eigenvalue weighted by atomic mass is 10.0. The molecular formula is C21H31N3O3. The van der Waals surface area contributed by atoms with Gasteiger partial charge in [0.25, 0.3) is 0 Å². The molecule has 6 heteroatoms. The van der Waals surface area contributed by atoms with Crippen molar-refractivity contribution < 1.29 is 14.3 Å². The monoisotopic (exact) mass is 373 g/mol. The third kappa shape index (κ3) is 6.33. The molecule has 0 aliphatic carbocycles. The molecule has 0 aromatic heterocycles. The van der Waals surface area contributed by atoms with Gasteiger partial charge >= 0.3 is 0 Å². The second-order valence-electron chi connectivity index (χ2n) is 7.64. The van der Waals surface area contributed by atoms with Crippen LogP contribution in [0.1, 0.15) is 38.2 Å². The van der Waals surface area contributed by atoms with E-state index < -0.39 is 0 Å². The maximum absolute atomic E-state index is 12.6. The zero-order valence-electron chi connectivity index (χ0n) is 16.2. The van der Waals surface area contributed by atoms with E-state index in [1.165, 1.54) is 5.56 Å². The summed E-state index contributed by atoms with van der Waals surface area (Å²) in [6.45, 7) is 5.79. The Balaban J connectivity index is 1.51. The molecule has 1 N–H and O–H groups in total. The van der Waals surface area contributed by atoms with Crippen LogP contribution in [0.3, 0.4) is 0 Å². The zero-order valence-corrected chi connectivity index (χ0v) is 16.2. The standard InChI is InChI=1S/C21H31N3O3/c1-17(25)24-11-9-19(10-12-24)22-21(26)16-23(15-20-8-5-13-27-20)14-18-6-3-2-4-7-18/h2-4,6-7,19-20H,5,8-16H2,1H3,(H,22,26). The number of likely N-dealkylation sites (tertiary alicyclic amines) is 1. The van der Waals surface area contributed by atoms with Gasteiger partial charge in [-0.2, -0.15) is 0 Å². The fourth-order valence-corrected chi connectivity index (χ4v) is 3.92. The Morgan fingerprint density at radius 3 is 2.56 bits per heavy atom. The Morgan fingerprint density at radius 2 is 1.93 bits per heavy atom. The maximum atomic E-state index is 12.6. The van der Waals surface area contributed by atoms with Gasteiger partial charge in [-0.3, -0.25) is 14.5 Å². The molecule has 6 nitrogen and oxygen atoms in total. The van der Waals surface area contributed by atoms with Crippen LogP contribution in [-0.2, 0) is 20.9 Å². The molecule has 1 unspecified atom stereocenters. The van der Waals surface area contributed by atoms with Crippen LogP contribution in [0, 0.1) is 0 Å². The first-order valence-corrected chi connectivity index (χ1v) is 10.0. The molecule has 2 amide bonds. The van der Waals surface area contributed by atoms with Crippen LogP contribution in [0.2, 0.25) is 0 Å². The first kappa shape index (κ1) is 19.8. The molecule has 3 rings (SSSR count). The zero-order chi connectivity index (χ0) is 19.1. The quantitative estimate of drug-likeness (QED) is 0.792. The number of piperidine rings is 1. The first-order chi connectivity index (χ1) is 13.1. The van der Waals surface area contributed by atoms with Crippen molar-refractivity contribution in [2.24, 2.45) is 0 Å². The summed E-state index contributed by atoms with van der Waals surface area (Å²) in [5.41, 5.74) is 1.21. The van der Waals surface area contributed by atoms with E-state index in [9.17, 15) is 9.59 Å². The molecule has 0 bridgehead atoms. The van der Waals surface area contributed by atoms with Crippen molar-refractivity contribution in [3.8, 4) is 0 Å². The Kier molecular flexibility index (Phi) is 7.24. The third-order valence-corrected chi connectivity index (χ3v) is 5.41. The summed E-state index contributed by atoms with van der Waals surface area (Å²) in [4.78, 5) is 28.1. The summed E-state index contributed by atoms with van der Waals surface area (Å²) in [7, 11) is 0. The second kappa shape index (κ2) is 9.85. The van der Waals surface area contributed by atoms with E-state index in [1.54, 1.807) is 6.92 Å². The number of hydrogen-bond acceptors (Lipinski definition) is 4. The topological polar surface area (TPSA) is 61.9 Å². The van der Waals surface area contributed by atoms with Crippen LogP contribution in [0.25, 0.3) is 0 Å². The average molecular weight is 373 g/mol. The van der Waals surface area contributed by atoms with E-state index in [-0.39, 0.29) is 24.0 Å². The normalized spacial score (nSPS) is 20.8. The molecule has 148 valence electrons. The van der Waals surface area contributed by atoms with Crippen LogP contribution in [-0.4, -0.2) is 66.5 Å². The lowest BCUT2D eigenvalue weighted by Gasteiger charge is -2.32. The fourth-order valence-electron chi connectivity index (χ4n) is 3.92. The van der Waals surface area contributed by atoms with E-state index >= 15 is 0 Å². The SMILES string of the molecule is CC(=O)N1CCC(NC(=O)CN(Cc2ccccc2)CC2CCCO2)CC1. The number of carbonyl (C=O) groups is 2. The Labute approximate surface area is 161 Å². The van der Waals surface area contributed by atoms with E-state index in [2.05, 4.69) is 22.3 Å². The van der Waals surface area contributed by atoms with Crippen molar-refractivity contribution in [2.45, 2.75) is 51.3 Å². The third-order valence-electron chi connectivity index (χ3n) is 5.41.